The Hall–Kier alpha value is -1.73. The van der Waals surface area contributed by atoms with Crippen molar-refractivity contribution in [2.75, 3.05) is 16.8 Å². The quantitative estimate of drug-likeness (QED) is 0.907. The Morgan fingerprint density at radius 1 is 1.37 bits per heavy atom. The van der Waals surface area contributed by atoms with Crippen LogP contribution in [-0.2, 0) is 0 Å². The molecule has 3 rings (SSSR count). The molecular weight excluding hydrogens is 254 g/mol. The van der Waals surface area contributed by atoms with Crippen LogP contribution in [0.5, 0.6) is 0 Å². The summed E-state index contributed by atoms with van der Waals surface area (Å²) >= 11 is 1.97. The number of hydrogen-bond acceptors (Lipinski definition) is 4. The van der Waals surface area contributed by atoms with Gasteiger partial charge in [0.05, 0.1) is 11.1 Å². The first-order valence-corrected chi connectivity index (χ1v) is 7.66. The van der Waals surface area contributed by atoms with Gasteiger partial charge in [-0.05, 0) is 30.7 Å². The Balaban J connectivity index is 1.94. The molecule has 1 saturated heterocycles. The van der Waals surface area contributed by atoms with Gasteiger partial charge in [-0.1, -0.05) is 18.2 Å². The van der Waals surface area contributed by atoms with E-state index in [1.165, 1.54) is 12.2 Å². The number of nitrogens with zero attached hydrogens (tertiary/aromatic N) is 2. The van der Waals surface area contributed by atoms with Crippen LogP contribution in [0.25, 0.3) is 10.9 Å². The molecule has 19 heavy (non-hydrogen) atoms. The number of pyridine rings is 1. The van der Waals surface area contributed by atoms with E-state index in [2.05, 4.69) is 16.4 Å². The van der Waals surface area contributed by atoms with Gasteiger partial charge < -0.3 is 5.32 Å². The summed E-state index contributed by atoms with van der Waals surface area (Å²) in [6.45, 7) is 0. The highest BCUT2D eigenvalue weighted by molar-refractivity contribution is 7.99. The second-order valence-electron chi connectivity index (χ2n) is 4.75. The first-order chi connectivity index (χ1) is 9.36. The highest BCUT2D eigenvalue weighted by atomic mass is 32.2. The fourth-order valence-electron chi connectivity index (χ4n) is 2.36. The number of nitrogens with one attached hydrogen (secondary N) is 1. The standard InChI is InChI=1S/C15H15N3S/c16-9-12-8-11-4-1-2-6-14(11)18-15(12)17-13-5-3-7-19-10-13/h1-2,4,6,8,13H,3,5,7,10H2,(H,17,18). The molecule has 1 aromatic carbocycles. The van der Waals surface area contributed by atoms with Gasteiger partial charge in [-0.25, -0.2) is 4.98 Å². The lowest BCUT2D eigenvalue weighted by molar-refractivity contribution is 0.682. The van der Waals surface area contributed by atoms with Crippen LogP contribution in [0.15, 0.2) is 30.3 Å². The molecule has 0 bridgehead atoms. The molecule has 1 fully saturated rings. The first-order valence-electron chi connectivity index (χ1n) is 6.51. The number of nitriles is 1. The van der Waals surface area contributed by atoms with E-state index in [1.807, 2.05) is 42.1 Å². The van der Waals surface area contributed by atoms with E-state index in [0.717, 1.165) is 28.9 Å². The molecule has 0 amide bonds. The van der Waals surface area contributed by atoms with E-state index in [4.69, 9.17) is 0 Å². The van der Waals surface area contributed by atoms with Crippen molar-refractivity contribution in [2.45, 2.75) is 18.9 Å². The molecule has 96 valence electrons. The van der Waals surface area contributed by atoms with Crippen molar-refractivity contribution >= 4 is 28.5 Å². The van der Waals surface area contributed by atoms with E-state index < -0.39 is 0 Å². The van der Waals surface area contributed by atoms with Crippen LogP contribution in [0, 0.1) is 11.3 Å². The lowest BCUT2D eigenvalue weighted by Crippen LogP contribution is -2.26. The Morgan fingerprint density at radius 3 is 3.05 bits per heavy atom. The molecule has 1 unspecified atom stereocenters. The van der Waals surface area contributed by atoms with Gasteiger partial charge in [0, 0.05) is 17.2 Å². The minimum absolute atomic E-state index is 0.430. The van der Waals surface area contributed by atoms with Crippen LogP contribution < -0.4 is 5.32 Å². The molecule has 1 aliphatic heterocycles. The lowest BCUT2D eigenvalue weighted by Gasteiger charge is -2.23. The highest BCUT2D eigenvalue weighted by Gasteiger charge is 2.16. The third kappa shape index (κ3) is 2.66. The predicted octanol–water partition coefficient (Wildman–Crippen LogP) is 3.41. The van der Waals surface area contributed by atoms with E-state index in [0.29, 0.717) is 11.6 Å². The molecule has 1 aliphatic rings. The average Bonchev–Trinajstić information content (AvgIpc) is 2.47. The molecule has 0 radical (unpaired) electrons. The SMILES string of the molecule is N#Cc1cc2ccccc2nc1NC1CCCSC1. The van der Waals surface area contributed by atoms with Gasteiger partial charge in [0.15, 0.2) is 0 Å². The van der Waals surface area contributed by atoms with Crippen molar-refractivity contribution in [1.82, 2.24) is 4.98 Å². The molecule has 2 aromatic rings. The topological polar surface area (TPSA) is 48.7 Å². The summed E-state index contributed by atoms with van der Waals surface area (Å²) in [6, 6.07) is 12.5. The molecular formula is C15H15N3S. The van der Waals surface area contributed by atoms with Crippen molar-refractivity contribution in [1.29, 1.82) is 5.26 Å². The second-order valence-corrected chi connectivity index (χ2v) is 5.90. The third-order valence-corrected chi connectivity index (χ3v) is 4.56. The number of aromatic nitrogens is 1. The van der Waals surface area contributed by atoms with Crippen LogP contribution in [-0.4, -0.2) is 22.5 Å². The highest BCUT2D eigenvalue weighted by Crippen LogP contribution is 2.24. The summed E-state index contributed by atoms with van der Waals surface area (Å²) in [4.78, 5) is 4.60. The van der Waals surface area contributed by atoms with Gasteiger partial charge in [0.2, 0.25) is 0 Å². The summed E-state index contributed by atoms with van der Waals surface area (Å²) in [6.07, 6.45) is 2.39. The summed E-state index contributed by atoms with van der Waals surface area (Å²) in [7, 11) is 0. The van der Waals surface area contributed by atoms with Crippen LogP contribution in [0.3, 0.4) is 0 Å². The van der Waals surface area contributed by atoms with E-state index in [9.17, 15) is 5.26 Å². The van der Waals surface area contributed by atoms with Gasteiger partial charge in [-0.2, -0.15) is 17.0 Å². The Morgan fingerprint density at radius 2 is 2.26 bits per heavy atom. The zero-order valence-electron chi connectivity index (χ0n) is 10.6. The molecule has 0 spiro atoms. The average molecular weight is 269 g/mol. The summed E-state index contributed by atoms with van der Waals surface area (Å²) < 4.78 is 0. The van der Waals surface area contributed by atoms with Gasteiger partial charge in [-0.15, -0.1) is 0 Å². The molecule has 1 N–H and O–H groups in total. The van der Waals surface area contributed by atoms with E-state index in [-0.39, 0.29) is 0 Å². The second kappa shape index (κ2) is 5.50. The van der Waals surface area contributed by atoms with Crippen molar-refractivity contribution in [3.05, 3.63) is 35.9 Å². The number of fused-ring (bicyclic) bond motifs is 1. The summed E-state index contributed by atoms with van der Waals surface area (Å²) in [5, 5.41) is 13.7. The zero-order chi connectivity index (χ0) is 13.1. The van der Waals surface area contributed by atoms with Crippen LogP contribution in [0.2, 0.25) is 0 Å². The van der Waals surface area contributed by atoms with Crippen molar-refractivity contribution in [2.24, 2.45) is 0 Å². The molecule has 3 nitrogen and oxygen atoms in total. The lowest BCUT2D eigenvalue weighted by atomic mass is 10.1. The number of rotatable bonds is 2. The smallest absolute Gasteiger partial charge is 0.144 e. The number of thioether (sulfide) groups is 1. The van der Waals surface area contributed by atoms with E-state index >= 15 is 0 Å². The third-order valence-electron chi connectivity index (χ3n) is 3.35. The number of benzene rings is 1. The fourth-order valence-corrected chi connectivity index (χ4v) is 3.43. The maximum atomic E-state index is 9.27. The molecule has 0 saturated carbocycles. The maximum Gasteiger partial charge on any atom is 0.144 e. The maximum absolute atomic E-state index is 9.27. The van der Waals surface area contributed by atoms with Crippen molar-refractivity contribution < 1.29 is 0 Å². The first kappa shape index (κ1) is 12.3. The van der Waals surface area contributed by atoms with Gasteiger partial charge in [0.25, 0.3) is 0 Å². The minimum atomic E-state index is 0.430. The summed E-state index contributed by atoms with van der Waals surface area (Å²) in [5.74, 6) is 3.07. The molecule has 1 atom stereocenters. The largest absolute Gasteiger partial charge is 0.365 e. The van der Waals surface area contributed by atoms with Crippen molar-refractivity contribution in [3.63, 3.8) is 0 Å². The Bertz CT molecular complexity index is 627. The van der Waals surface area contributed by atoms with Crippen LogP contribution in [0.4, 0.5) is 5.82 Å². The van der Waals surface area contributed by atoms with Gasteiger partial charge in [-0.3, -0.25) is 0 Å². The fraction of sp³-hybridized carbons (Fsp3) is 0.333. The Kier molecular flexibility index (Phi) is 3.56. The monoisotopic (exact) mass is 269 g/mol. The normalized spacial score (nSPS) is 19.0. The number of anilines is 1. The molecule has 2 heterocycles. The van der Waals surface area contributed by atoms with Crippen LogP contribution >= 0.6 is 11.8 Å². The molecule has 4 heteroatoms. The van der Waals surface area contributed by atoms with Crippen LogP contribution in [0.1, 0.15) is 18.4 Å². The predicted molar refractivity (Wildman–Crippen MR) is 80.4 cm³/mol. The van der Waals surface area contributed by atoms with E-state index in [1.54, 1.807) is 0 Å². The van der Waals surface area contributed by atoms with Gasteiger partial charge >= 0.3 is 0 Å². The number of para-hydroxylation sites is 1. The Labute approximate surface area is 117 Å². The summed E-state index contributed by atoms with van der Waals surface area (Å²) in [5.41, 5.74) is 1.57. The van der Waals surface area contributed by atoms with Gasteiger partial charge in [0.1, 0.15) is 11.9 Å². The van der Waals surface area contributed by atoms with Crippen molar-refractivity contribution in [3.8, 4) is 6.07 Å². The molecule has 1 aromatic heterocycles. The zero-order valence-corrected chi connectivity index (χ0v) is 11.4. The number of hydrogen-bond donors (Lipinski definition) is 1. The minimum Gasteiger partial charge on any atom is -0.365 e. The molecule has 0 aliphatic carbocycles.